The van der Waals surface area contributed by atoms with Crippen molar-refractivity contribution in [2.75, 3.05) is 25.0 Å². The molecule has 1 aliphatic rings. The van der Waals surface area contributed by atoms with Gasteiger partial charge in [0.2, 0.25) is 5.91 Å². The Labute approximate surface area is 142 Å². The van der Waals surface area contributed by atoms with E-state index in [1.54, 1.807) is 0 Å². The second-order valence-corrected chi connectivity index (χ2v) is 5.73. The molecule has 24 heavy (non-hydrogen) atoms. The topological polar surface area (TPSA) is 59.6 Å². The molecule has 2 aromatic rings. The Morgan fingerprint density at radius 2 is 1.83 bits per heavy atom. The molecular weight excluding hydrogens is 304 g/mol. The molecule has 0 saturated carbocycles. The van der Waals surface area contributed by atoms with Crippen molar-refractivity contribution in [1.82, 2.24) is 5.32 Å². The quantitative estimate of drug-likeness (QED) is 0.820. The summed E-state index contributed by atoms with van der Waals surface area (Å²) in [6.45, 7) is 1.63. The molecule has 0 aliphatic carbocycles. The van der Waals surface area contributed by atoms with Crippen LogP contribution in [0, 0.1) is 0 Å². The number of para-hydroxylation sites is 1. The first kappa shape index (κ1) is 16.3. The normalized spacial score (nSPS) is 16.6. The lowest BCUT2D eigenvalue weighted by Gasteiger charge is -2.12. The molecule has 1 unspecified atom stereocenters. The van der Waals surface area contributed by atoms with Crippen molar-refractivity contribution in [2.45, 2.75) is 18.9 Å². The first-order chi connectivity index (χ1) is 11.8. The Morgan fingerprint density at radius 1 is 1.08 bits per heavy atom. The summed E-state index contributed by atoms with van der Waals surface area (Å²) in [5, 5.41) is 5.99. The number of anilines is 1. The molecule has 2 N–H and O–H groups in total. The largest absolute Gasteiger partial charge is 0.457 e. The minimum Gasteiger partial charge on any atom is -0.457 e. The van der Waals surface area contributed by atoms with Crippen molar-refractivity contribution in [3.8, 4) is 11.5 Å². The molecule has 1 fully saturated rings. The lowest BCUT2D eigenvalue weighted by atomic mass is 10.2. The first-order valence-corrected chi connectivity index (χ1v) is 8.25. The Bertz CT molecular complexity index is 637. The summed E-state index contributed by atoms with van der Waals surface area (Å²) < 4.78 is 11.2. The van der Waals surface area contributed by atoms with Gasteiger partial charge in [0, 0.05) is 18.8 Å². The van der Waals surface area contributed by atoms with Crippen LogP contribution in [0.4, 0.5) is 5.69 Å². The van der Waals surface area contributed by atoms with Crippen LogP contribution in [0.2, 0.25) is 0 Å². The van der Waals surface area contributed by atoms with Crippen LogP contribution in [0.1, 0.15) is 12.8 Å². The first-order valence-electron chi connectivity index (χ1n) is 8.25. The number of ether oxygens (including phenoxy) is 2. The highest BCUT2D eigenvalue weighted by molar-refractivity contribution is 5.80. The van der Waals surface area contributed by atoms with Crippen molar-refractivity contribution in [3.05, 3.63) is 54.6 Å². The van der Waals surface area contributed by atoms with Gasteiger partial charge in [-0.15, -0.1) is 0 Å². The lowest BCUT2D eigenvalue weighted by Crippen LogP contribution is -2.35. The van der Waals surface area contributed by atoms with Gasteiger partial charge >= 0.3 is 0 Å². The average molecular weight is 326 g/mol. The number of carbonyl (C=O) groups is 1. The summed E-state index contributed by atoms with van der Waals surface area (Å²) in [6.07, 6.45) is 2.27. The highest BCUT2D eigenvalue weighted by Crippen LogP contribution is 2.22. The van der Waals surface area contributed by atoms with Crippen LogP contribution in [0.5, 0.6) is 11.5 Å². The third-order valence-corrected chi connectivity index (χ3v) is 3.84. The minimum atomic E-state index is -0.0323. The van der Waals surface area contributed by atoms with Crippen molar-refractivity contribution < 1.29 is 14.3 Å². The van der Waals surface area contributed by atoms with Crippen LogP contribution in [0.25, 0.3) is 0 Å². The lowest BCUT2D eigenvalue weighted by molar-refractivity contribution is -0.119. The Balaban J connectivity index is 1.41. The molecule has 1 heterocycles. The van der Waals surface area contributed by atoms with Crippen LogP contribution < -0.4 is 15.4 Å². The van der Waals surface area contributed by atoms with Crippen LogP contribution in [0.15, 0.2) is 54.6 Å². The zero-order valence-electron chi connectivity index (χ0n) is 13.5. The van der Waals surface area contributed by atoms with Gasteiger partial charge in [0.25, 0.3) is 0 Å². The Morgan fingerprint density at radius 3 is 2.54 bits per heavy atom. The fourth-order valence-corrected chi connectivity index (χ4v) is 2.54. The molecule has 1 aliphatic heterocycles. The predicted octanol–water partition coefficient (Wildman–Crippen LogP) is 3.19. The van der Waals surface area contributed by atoms with E-state index >= 15 is 0 Å². The third-order valence-electron chi connectivity index (χ3n) is 3.84. The summed E-state index contributed by atoms with van der Waals surface area (Å²) in [6, 6.07) is 17.2. The zero-order chi connectivity index (χ0) is 16.6. The van der Waals surface area contributed by atoms with Gasteiger partial charge < -0.3 is 20.1 Å². The summed E-state index contributed by atoms with van der Waals surface area (Å²) in [5.41, 5.74) is 0.877. The van der Waals surface area contributed by atoms with E-state index in [2.05, 4.69) is 10.6 Å². The number of hydrogen-bond donors (Lipinski definition) is 2. The molecule has 1 saturated heterocycles. The summed E-state index contributed by atoms with van der Waals surface area (Å²) in [5.74, 6) is 1.52. The molecule has 3 rings (SSSR count). The molecule has 5 heteroatoms. The molecule has 0 spiro atoms. The standard InChI is InChI=1S/C19H22N2O3/c22-19(21-13-18-7-4-12-23-18)14-20-15-8-10-17(11-9-15)24-16-5-2-1-3-6-16/h1-3,5-6,8-11,18,20H,4,7,12-14H2,(H,21,22). The SMILES string of the molecule is O=C(CNc1ccc(Oc2ccccc2)cc1)NCC1CCCO1. The van der Waals surface area contributed by atoms with Crippen molar-refractivity contribution >= 4 is 11.6 Å². The van der Waals surface area contributed by atoms with Crippen LogP contribution >= 0.6 is 0 Å². The van der Waals surface area contributed by atoms with Gasteiger partial charge in [0.1, 0.15) is 11.5 Å². The van der Waals surface area contributed by atoms with E-state index in [0.717, 1.165) is 36.6 Å². The summed E-state index contributed by atoms with van der Waals surface area (Å²) in [7, 11) is 0. The zero-order valence-corrected chi connectivity index (χ0v) is 13.5. The average Bonchev–Trinajstić information content (AvgIpc) is 3.14. The van der Waals surface area contributed by atoms with Gasteiger partial charge in [-0.25, -0.2) is 0 Å². The van der Waals surface area contributed by atoms with Crippen molar-refractivity contribution in [1.29, 1.82) is 0 Å². The maximum absolute atomic E-state index is 11.8. The molecule has 2 aromatic carbocycles. The van der Waals surface area contributed by atoms with Gasteiger partial charge in [-0.2, -0.15) is 0 Å². The minimum absolute atomic E-state index is 0.0323. The monoisotopic (exact) mass is 326 g/mol. The van der Waals surface area contributed by atoms with Gasteiger partial charge in [0.15, 0.2) is 0 Å². The maximum Gasteiger partial charge on any atom is 0.239 e. The molecule has 126 valence electrons. The van der Waals surface area contributed by atoms with Crippen LogP contribution in [0.3, 0.4) is 0 Å². The highest BCUT2D eigenvalue weighted by atomic mass is 16.5. The molecule has 1 atom stereocenters. The molecule has 5 nitrogen and oxygen atoms in total. The smallest absolute Gasteiger partial charge is 0.239 e. The fraction of sp³-hybridized carbons (Fsp3) is 0.316. The van der Waals surface area contributed by atoms with Crippen molar-refractivity contribution in [3.63, 3.8) is 0 Å². The second kappa shape index (κ2) is 8.36. The van der Waals surface area contributed by atoms with E-state index in [0.29, 0.717) is 6.54 Å². The van der Waals surface area contributed by atoms with E-state index in [1.165, 1.54) is 0 Å². The van der Waals surface area contributed by atoms with Gasteiger partial charge in [-0.05, 0) is 49.2 Å². The molecule has 0 bridgehead atoms. The number of nitrogens with one attached hydrogen (secondary N) is 2. The molecule has 0 radical (unpaired) electrons. The predicted molar refractivity (Wildman–Crippen MR) is 93.4 cm³/mol. The van der Waals surface area contributed by atoms with E-state index in [-0.39, 0.29) is 18.6 Å². The number of rotatable bonds is 7. The maximum atomic E-state index is 11.8. The summed E-state index contributed by atoms with van der Waals surface area (Å²) in [4.78, 5) is 11.8. The Kier molecular flexibility index (Phi) is 5.69. The van der Waals surface area contributed by atoms with E-state index in [1.807, 2.05) is 54.6 Å². The molecule has 1 amide bonds. The van der Waals surface area contributed by atoms with Gasteiger partial charge in [-0.3, -0.25) is 4.79 Å². The fourth-order valence-electron chi connectivity index (χ4n) is 2.54. The third kappa shape index (κ3) is 4.99. The van der Waals surface area contributed by atoms with Crippen LogP contribution in [-0.4, -0.2) is 31.7 Å². The van der Waals surface area contributed by atoms with Crippen molar-refractivity contribution in [2.24, 2.45) is 0 Å². The van der Waals surface area contributed by atoms with E-state index in [9.17, 15) is 4.79 Å². The molecule has 0 aromatic heterocycles. The number of amides is 1. The Hall–Kier alpha value is -2.53. The number of carbonyl (C=O) groups excluding carboxylic acids is 1. The van der Waals surface area contributed by atoms with Crippen LogP contribution in [-0.2, 0) is 9.53 Å². The van der Waals surface area contributed by atoms with Gasteiger partial charge in [0.05, 0.1) is 12.6 Å². The number of hydrogen-bond acceptors (Lipinski definition) is 4. The molecular formula is C19H22N2O3. The summed E-state index contributed by atoms with van der Waals surface area (Å²) >= 11 is 0. The van der Waals surface area contributed by atoms with E-state index in [4.69, 9.17) is 9.47 Å². The second-order valence-electron chi connectivity index (χ2n) is 5.73. The highest BCUT2D eigenvalue weighted by Gasteiger charge is 2.15. The van der Waals surface area contributed by atoms with Gasteiger partial charge in [-0.1, -0.05) is 18.2 Å². The number of benzene rings is 2. The van der Waals surface area contributed by atoms with E-state index < -0.39 is 0 Å².